The van der Waals surface area contributed by atoms with E-state index in [0.29, 0.717) is 36.8 Å². The molecule has 4 saturated heterocycles. The zero-order valence-corrected chi connectivity index (χ0v) is 51.9. The lowest BCUT2D eigenvalue weighted by Crippen LogP contribution is -2.46. The van der Waals surface area contributed by atoms with Gasteiger partial charge >= 0.3 is 0 Å². The third-order valence-electron chi connectivity index (χ3n) is 16.3. The normalized spacial score (nSPS) is 42.2. The van der Waals surface area contributed by atoms with Crippen LogP contribution in [0.2, 0.25) is 0 Å². The average Bonchev–Trinajstić information content (AvgIpc) is 0.694. The van der Waals surface area contributed by atoms with Gasteiger partial charge in [-0.15, -0.1) is 0 Å². The van der Waals surface area contributed by atoms with Gasteiger partial charge in [0.25, 0.3) is 0 Å². The van der Waals surface area contributed by atoms with Crippen LogP contribution >= 0.6 is 0 Å². The highest BCUT2D eigenvalue weighted by Gasteiger charge is 2.43. The van der Waals surface area contributed by atoms with E-state index in [1.807, 2.05) is 13.8 Å². The number of methoxy groups -OCH3 is 8. The van der Waals surface area contributed by atoms with Gasteiger partial charge in [-0.3, -0.25) is 38.8 Å². The summed E-state index contributed by atoms with van der Waals surface area (Å²) in [5.74, 6) is -24.9. The zero-order valence-electron chi connectivity index (χ0n) is 111. The van der Waals surface area contributed by atoms with Gasteiger partial charge in [-0.1, -0.05) is 82.8 Å². The first-order valence-electron chi connectivity index (χ1n) is 59.0. The van der Waals surface area contributed by atoms with E-state index in [0.717, 1.165) is 51.1 Å². The van der Waals surface area contributed by atoms with Gasteiger partial charge in [-0.2, -0.15) is 0 Å². The van der Waals surface area contributed by atoms with Crippen LogP contribution in [0.25, 0.3) is 0 Å². The molecule has 8 aliphatic heterocycles. The van der Waals surface area contributed by atoms with Crippen molar-refractivity contribution in [3.63, 3.8) is 0 Å². The van der Waals surface area contributed by atoms with E-state index in [2.05, 4.69) is 0 Å². The van der Waals surface area contributed by atoms with Gasteiger partial charge in [-0.25, -0.2) is 0 Å². The maximum absolute atomic E-state index is 13.8. The summed E-state index contributed by atoms with van der Waals surface area (Å²) in [5.41, 5.74) is -1.43. The number of Topliss-reactive ketones (excluding diaryl/α,β-unsaturated/α-hetero) is 4. The number of benzene rings is 4. The molecule has 0 spiro atoms. The molecule has 0 amide bonds. The Morgan fingerprint density at radius 2 is 0.854 bits per heavy atom. The van der Waals surface area contributed by atoms with E-state index in [1.165, 1.54) is 6.07 Å². The van der Waals surface area contributed by atoms with E-state index in [1.54, 1.807) is 13.8 Å². The molecule has 8 aliphatic rings. The lowest BCUT2D eigenvalue weighted by Gasteiger charge is -2.43. The maximum atomic E-state index is 13.8. The summed E-state index contributed by atoms with van der Waals surface area (Å²) in [4.78, 5) is 56.9. The fourth-order valence-electron chi connectivity index (χ4n) is 11.7. The van der Waals surface area contributed by atoms with Crippen LogP contribution in [-0.4, -0.2) is 151 Å². The van der Waals surface area contributed by atoms with E-state index in [4.69, 9.17) is 117 Å². The molecule has 16 nitrogen and oxygen atoms in total. The number of hydrogen-bond acceptors (Lipinski definition) is 16. The predicted octanol–water partition coefficient (Wildman–Crippen LogP) is 15.0. The molecule has 0 radical (unpaired) electrons. The number of ketones is 4. The molecule has 16 heteroatoms. The Bertz CT molecular complexity index is 5820. The number of piperidine rings is 4. The monoisotopic (exact) mass is 1390 g/mol. The van der Waals surface area contributed by atoms with Crippen LogP contribution in [0.4, 0.5) is 0 Å². The summed E-state index contributed by atoms with van der Waals surface area (Å²) in [6.45, 7) is -12.5. The summed E-state index contributed by atoms with van der Waals surface area (Å²) >= 11 is 0. The minimum absolute atomic E-state index is 0. The summed E-state index contributed by atoms with van der Waals surface area (Å²) in [6, 6.07) is -0.533. The van der Waals surface area contributed by atoms with Crippen LogP contribution in [0.3, 0.4) is 0 Å². The van der Waals surface area contributed by atoms with Crippen LogP contribution in [0, 0.1) is 47.3 Å². The van der Waals surface area contributed by atoms with Crippen LogP contribution in [-0.2, 0) is 44.8 Å². The van der Waals surface area contributed by atoms with Crippen molar-refractivity contribution in [2.45, 2.75) is 184 Å². The Morgan fingerprint density at radius 1 is 0.479 bits per heavy atom. The number of hydrogen-bond donors (Lipinski definition) is 0. The fraction of sp³-hybridized carbons (Fsp3) is 0.650. The molecular formula is C80H120N4O12. The zero-order chi connectivity index (χ0) is 119. The molecule has 10 unspecified atom stereocenters. The number of rotatable bonds is 18. The van der Waals surface area contributed by atoms with Gasteiger partial charge in [0.1, 0.15) is 23.1 Å². The average molecular weight is 1390 g/mol. The van der Waals surface area contributed by atoms with Crippen molar-refractivity contribution in [3.05, 3.63) is 93.0 Å². The van der Waals surface area contributed by atoms with Gasteiger partial charge in [0.05, 0.1) is 91.9 Å². The van der Waals surface area contributed by atoms with Gasteiger partial charge in [0.15, 0.2) is 46.0 Å². The molecule has 0 bridgehead atoms. The van der Waals surface area contributed by atoms with Gasteiger partial charge in [0.2, 0.25) is 0 Å². The summed E-state index contributed by atoms with van der Waals surface area (Å²) in [7, 11) is -24.6. The Balaban J connectivity index is 0.000000279. The number of carbonyl (C=O) groups excluding carboxylic acids is 4. The third kappa shape index (κ3) is 17.6. The summed E-state index contributed by atoms with van der Waals surface area (Å²) < 4.78 is 512. The Hall–Kier alpha value is -6.20. The molecule has 4 fully saturated rings. The van der Waals surface area contributed by atoms with Crippen LogP contribution in [0.5, 0.6) is 46.0 Å². The number of nitrogens with zero attached hydrogens (tertiary/aromatic N) is 4. The topological polar surface area (TPSA) is 155 Å². The Labute approximate surface area is 660 Å². The SMILES string of the molecule is C.C.[2H]C([2H])([2H])Oc1cc2c(cc1OC([2H])([2H])[2H])C([2H])([2H])C([2H])([2H])N1CC(C([2H])([2H])C([2H])(C([2H])([2H])[2H])C([2H])([2H])C)C(=O)CC21[2H].[2H]C([2H])([2H])Oc1cc2c(cc1OC([2H])([2H])[2H])C([2H])([2H])C([2H])([2H])N1CC(CC(C)C)C(=O)CC21[2H].[2H]C([2H])([2H])Oc1cc2c(cc1OC([2H])([2H])[2H])C1N(CC2)C([2H])([2H])C(C([2H])([2H])C([2H])(C([2H])([2H])[2H])C([2H])([2H])C)C(=O)C1([2H])[2H].[2H]C([2H])([2H])Oc1cc2c(cc1OC([2H])([2H])[2H])C1N(CC2)C([2H])([2H])C([2H])(CC(C)C)C(=O)C1([2H])[2H]. The molecule has 532 valence electrons. The molecule has 4 aromatic carbocycles. The summed E-state index contributed by atoms with van der Waals surface area (Å²) in [6.07, 6.45) is -26.8. The summed E-state index contributed by atoms with van der Waals surface area (Å²) in [5, 5.41) is 0. The van der Waals surface area contributed by atoms with Crippen LogP contribution in [0.1, 0.15) is 284 Å². The highest BCUT2D eigenvalue weighted by Crippen LogP contribution is 2.48. The quantitative estimate of drug-likeness (QED) is 0.0926. The van der Waals surface area contributed by atoms with Gasteiger partial charge in [0, 0.05) is 171 Å². The molecule has 12 rings (SSSR count). The van der Waals surface area contributed by atoms with Crippen molar-refractivity contribution in [1.82, 2.24) is 19.6 Å². The highest BCUT2D eigenvalue weighted by atomic mass is 16.5. The second-order valence-electron chi connectivity index (χ2n) is 23.2. The molecule has 0 aromatic heterocycles. The molecule has 96 heavy (non-hydrogen) atoms. The van der Waals surface area contributed by atoms with Crippen molar-refractivity contribution in [2.75, 3.05) is 108 Å². The first-order valence-corrected chi connectivity index (χ1v) is 29.5. The smallest absolute Gasteiger partial charge is 0.161 e. The molecular weight excluding hydrogens is 1210 g/mol. The highest BCUT2D eigenvalue weighted by molar-refractivity contribution is 5.85. The standard InChI is InChI=1S/2C20H29NO3.2C19H27NO3.2CH4/c2*1-5-13(2)8-15-12-21-7-6-14-9-19(23-3)20(24-4)10-16(14)17(21)11-18(15)22;2*1-12(2)7-14-11-20-6-5-13-8-18(22-3)19(23-4)9-15(13)16(20)10-17(14)21;;/h2*9-10,13,15,17H,5-8,11-12H2,1-4H3;2*8-9,12,14,16H,5-7,10-11H2,1-4H3;2*1H4/i2D3,3D3,4D3,5D2,6D2,7D2,8D2,13D,17D;2D3,3D3,4D3,5D2,8D2,11D2,12D2,13D;3D3,4D3,10D2,11D2,14D;3D3,4D3,5D2,6D2,16D;;. The largest absolute Gasteiger partial charge is 0.493 e. The minimum atomic E-state index is -3.80. The maximum Gasteiger partial charge on any atom is 0.161 e. The lowest BCUT2D eigenvalue weighted by molar-refractivity contribution is -0.130. The Morgan fingerprint density at radius 3 is 1.27 bits per heavy atom. The van der Waals surface area contributed by atoms with Crippen LogP contribution in [0.15, 0.2) is 48.5 Å². The predicted molar refractivity (Wildman–Crippen MR) is 383 cm³/mol. The van der Waals surface area contributed by atoms with E-state index < -0.39 is 307 Å². The van der Waals surface area contributed by atoms with Gasteiger partial charge in [-0.05, 0) is 168 Å². The first kappa shape index (κ1) is 29.6. The molecule has 0 saturated carbocycles. The first-order chi connectivity index (χ1) is 67.6. The number of carbonyl (C=O) groups is 4. The Kier molecular flexibility index (Phi) is 10.8. The molecule has 10 atom stereocenters. The second-order valence-corrected chi connectivity index (χ2v) is 23.2. The lowest BCUT2D eigenvalue weighted by atomic mass is 9.79. The van der Waals surface area contributed by atoms with E-state index in [-0.39, 0.29) is 92.8 Å². The number of fused-ring (bicyclic) bond motifs is 12. The van der Waals surface area contributed by atoms with Gasteiger partial charge < -0.3 is 37.9 Å². The molecule has 0 N–H and O–H groups in total. The molecule has 8 heterocycles. The number of aryl methyl sites for hydroxylation is 2. The molecule has 4 aromatic rings. The van der Waals surface area contributed by atoms with Crippen molar-refractivity contribution < 1.29 is 138 Å². The van der Waals surface area contributed by atoms with E-state index >= 15 is 0 Å². The van der Waals surface area contributed by atoms with Crippen molar-refractivity contribution in [3.8, 4) is 46.0 Å². The third-order valence-corrected chi connectivity index (χ3v) is 16.3. The number of ether oxygens (including phenoxy) is 8. The van der Waals surface area contributed by atoms with Crippen molar-refractivity contribution in [1.29, 1.82) is 0 Å². The molecule has 0 aliphatic carbocycles. The van der Waals surface area contributed by atoms with E-state index in [9.17, 15) is 20.5 Å². The van der Waals surface area contributed by atoms with Crippen LogP contribution < -0.4 is 37.9 Å². The van der Waals surface area contributed by atoms with Crippen molar-refractivity contribution in [2.24, 2.45) is 47.3 Å². The fourth-order valence-corrected chi connectivity index (χ4v) is 11.7. The minimum Gasteiger partial charge on any atom is -0.493 e. The second kappa shape index (κ2) is 35.0. The van der Waals surface area contributed by atoms with Crippen molar-refractivity contribution >= 4 is 23.1 Å².